The number of nitrogens with zero attached hydrogens (tertiary/aromatic N) is 2. The lowest BCUT2D eigenvalue weighted by atomic mass is 10.1. The van der Waals surface area contributed by atoms with Gasteiger partial charge in [0.1, 0.15) is 0 Å². The average Bonchev–Trinajstić information content (AvgIpc) is 3.09. The molecule has 2 N–H and O–H groups in total. The minimum atomic E-state index is -0.394. The lowest BCUT2D eigenvalue weighted by molar-refractivity contribution is -0.126. The van der Waals surface area contributed by atoms with Crippen molar-refractivity contribution >= 4 is 23.4 Å². The molecule has 27 heavy (non-hydrogen) atoms. The molecular weight excluding hydrogens is 344 g/mol. The number of nitrogens with one attached hydrogen (secondary N) is 2. The molecule has 1 saturated heterocycles. The van der Waals surface area contributed by atoms with Gasteiger partial charge in [-0.05, 0) is 24.3 Å². The van der Waals surface area contributed by atoms with E-state index in [1.807, 2.05) is 48.5 Å². The Kier molecular flexibility index (Phi) is 6.14. The number of hydrogen-bond acceptors (Lipinski definition) is 4. The highest BCUT2D eigenvalue weighted by Crippen LogP contribution is 2.24. The maximum Gasteiger partial charge on any atom is 0.227 e. The molecule has 3 rings (SSSR count). The van der Waals surface area contributed by atoms with E-state index >= 15 is 0 Å². The normalized spacial score (nSPS) is 16.2. The van der Waals surface area contributed by atoms with Crippen molar-refractivity contribution in [3.8, 4) is 0 Å². The third-order valence-electron chi connectivity index (χ3n) is 4.41. The summed E-state index contributed by atoms with van der Waals surface area (Å²) in [6.07, 6.45) is 2.04. The fraction of sp³-hybridized carbons (Fsp3) is 0.300. The van der Waals surface area contributed by atoms with Crippen molar-refractivity contribution in [1.82, 2.24) is 15.6 Å². The summed E-state index contributed by atoms with van der Waals surface area (Å²) in [7, 11) is 0. The van der Waals surface area contributed by atoms with Gasteiger partial charge in [-0.3, -0.25) is 19.4 Å². The van der Waals surface area contributed by atoms with Crippen LogP contribution in [-0.4, -0.2) is 35.8 Å². The zero-order chi connectivity index (χ0) is 19.1. The van der Waals surface area contributed by atoms with Gasteiger partial charge < -0.3 is 15.5 Å². The van der Waals surface area contributed by atoms with Crippen LogP contribution >= 0.6 is 0 Å². The molecule has 1 aliphatic rings. The molecule has 1 atom stereocenters. The standard InChI is InChI=1S/C20H22N4O3/c25-18(23-13-16-6-4-5-10-21-16)9-11-22-20(27)15-12-19(26)24(14-15)17-7-2-1-3-8-17/h1-8,10,15H,9,11-14H2,(H,22,27)(H,23,25). The lowest BCUT2D eigenvalue weighted by Crippen LogP contribution is -2.35. The highest BCUT2D eigenvalue weighted by atomic mass is 16.2. The van der Waals surface area contributed by atoms with Gasteiger partial charge in [0.15, 0.2) is 0 Å². The number of para-hydroxylation sites is 1. The van der Waals surface area contributed by atoms with E-state index in [1.54, 1.807) is 11.1 Å². The van der Waals surface area contributed by atoms with Crippen LogP contribution in [0.15, 0.2) is 54.7 Å². The first kappa shape index (κ1) is 18.6. The molecule has 7 heteroatoms. The largest absolute Gasteiger partial charge is 0.355 e. The lowest BCUT2D eigenvalue weighted by Gasteiger charge is -2.16. The summed E-state index contributed by atoms with van der Waals surface area (Å²) < 4.78 is 0. The maximum absolute atomic E-state index is 12.3. The van der Waals surface area contributed by atoms with Crippen LogP contribution in [0.25, 0.3) is 0 Å². The first-order chi connectivity index (χ1) is 13.1. The number of carbonyl (C=O) groups is 3. The number of carbonyl (C=O) groups excluding carboxylic acids is 3. The van der Waals surface area contributed by atoms with Crippen LogP contribution in [0.3, 0.4) is 0 Å². The van der Waals surface area contributed by atoms with Gasteiger partial charge in [0.2, 0.25) is 17.7 Å². The van der Waals surface area contributed by atoms with Crippen LogP contribution < -0.4 is 15.5 Å². The van der Waals surface area contributed by atoms with Crippen molar-refractivity contribution in [2.24, 2.45) is 5.92 Å². The van der Waals surface area contributed by atoms with Gasteiger partial charge >= 0.3 is 0 Å². The predicted octanol–water partition coefficient (Wildman–Crippen LogP) is 1.26. The number of pyridine rings is 1. The van der Waals surface area contributed by atoms with Crippen LogP contribution in [0.4, 0.5) is 5.69 Å². The Labute approximate surface area is 157 Å². The van der Waals surface area contributed by atoms with E-state index in [2.05, 4.69) is 15.6 Å². The van der Waals surface area contributed by atoms with Crippen LogP contribution in [0.5, 0.6) is 0 Å². The van der Waals surface area contributed by atoms with Crippen LogP contribution in [0.1, 0.15) is 18.5 Å². The average molecular weight is 366 g/mol. The summed E-state index contributed by atoms with van der Waals surface area (Å²) in [4.78, 5) is 42.1. The van der Waals surface area contributed by atoms with E-state index in [-0.39, 0.29) is 37.1 Å². The maximum atomic E-state index is 12.3. The first-order valence-electron chi connectivity index (χ1n) is 8.93. The summed E-state index contributed by atoms with van der Waals surface area (Å²) >= 11 is 0. The Balaban J connectivity index is 1.39. The highest BCUT2D eigenvalue weighted by molar-refractivity contribution is 6.00. The molecule has 1 fully saturated rings. The van der Waals surface area contributed by atoms with Crippen molar-refractivity contribution in [1.29, 1.82) is 0 Å². The summed E-state index contributed by atoms with van der Waals surface area (Å²) in [5, 5.41) is 5.51. The van der Waals surface area contributed by atoms with Gasteiger partial charge in [-0.1, -0.05) is 24.3 Å². The molecular formula is C20H22N4O3. The Morgan fingerprint density at radius 2 is 1.85 bits per heavy atom. The van der Waals surface area contributed by atoms with Gasteiger partial charge in [0.25, 0.3) is 0 Å². The SMILES string of the molecule is O=C(CCNC(=O)C1CC(=O)N(c2ccccc2)C1)NCc1ccccn1. The van der Waals surface area contributed by atoms with Crippen molar-refractivity contribution in [2.45, 2.75) is 19.4 Å². The molecule has 140 valence electrons. The van der Waals surface area contributed by atoms with E-state index in [0.717, 1.165) is 11.4 Å². The zero-order valence-electron chi connectivity index (χ0n) is 14.9. The van der Waals surface area contributed by atoms with E-state index < -0.39 is 5.92 Å². The van der Waals surface area contributed by atoms with Crippen LogP contribution in [-0.2, 0) is 20.9 Å². The molecule has 1 unspecified atom stereocenters. The molecule has 0 bridgehead atoms. The molecule has 0 aliphatic carbocycles. The van der Waals surface area contributed by atoms with Crippen LogP contribution in [0, 0.1) is 5.92 Å². The minimum Gasteiger partial charge on any atom is -0.355 e. The second-order valence-electron chi connectivity index (χ2n) is 6.38. The van der Waals surface area contributed by atoms with E-state index in [9.17, 15) is 14.4 Å². The van der Waals surface area contributed by atoms with Crippen LogP contribution in [0.2, 0.25) is 0 Å². The molecule has 0 radical (unpaired) electrons. The predicted molar refractivity (Wildman–Crippen MR) is 101 cm³/mol. The summed E-state index contributed by atoms with van der Waals surface area (Å²) in [6.45, 7) is 0.959. The second-order valence-corrected chi connectivity index (χ2v) is 6.38. The number of benzene rings is 1. The summed E-state index contributed by atoms with van der Waals surface area (Å²) in [5.74, 6) is -0.808. The smallest absolute Gasteiger partial charge is 0.227 e. The van der Waals surface area contributed by atoms with Gasteiger partial charge in [-0.25, -0.2) is 0 Å². The number of anilines is 1. The number of hydrogen-bond donors (Lipinski definition) is 2. The molecule has 3 amide bonds. The molecule has 0 spiro atoms. The van der Waals surface area contributed by atoms with Gasteiger partial charge in [0, 0.05) is 37.8 Å². The van der Waals surface area contributed by atoms with Crippen molar-refractivity contribution in [2.75, 3.05) is 18.0 Å². The Hall–Kier alpha value is -3.22. The van der Waals surface area contributed by atoms with Crippen molar-refractivity contribution in [3.05, 3.63) is 60.4 Å². The second kappa shape index (κ2) is 8.93. The quantitative estimate of drug-likeness (QED) is 0.772. The Morgan fingerprint density at radius 3 is 2.59 bits per heavy atom. The monoisotopic (exact) mass is 366 g/mol. The van der Waals surface area contributed by atoms with Gasteiger partial charge in [-0.15, -0.1) is 0 Å². The van der Waals surface area contributed by atoms with E-state index in [1.165, 1.54) is 0 Å². The third kappa shape index (κ3) is 5.13. The molecule has 1 aromatic heterocycles. The molecule has 1 aromatic carbocycles. The zero-order valence-corrected chi connectivity index (χ0v) is 14.9. The molecule has 2 heterocycles. The van der Waals surface area contributed by atoms with Crippen molar-refractivity contribution < 1.29 is 14.4 Å². The fourth-order valence-electron chi connectivity index (χ4n) is 2.96. The number of rotatable bonds is 7. The van der Waals surface area contributed by atoms with Gasteiger partial charge in [0.05, 0.1) is 18.2 Å². The number of aromatic nitrogens is 1. The van der Waals surface area contributed by atoms with Gasteiger partial charge in [-0.2, -0.15) is 0 Å². The molecule has 7 nitrogen and oxygen atoms in total. The highest BCUT2D eigenvalue weighted by Gasteiger charge is 2.34. The third-order valence-corrected chi connectivity index (χ3v) is 4.41. The first-order valence-corrected chi connectivity index (χ1v) is 8.93. The summed E-state index contributed by atoms with van der Waals surface area (Å²) in [6, 6.07) is 14.8. The molecule has 2 aromatic rings. The minimum absolute atomic E-state index is 0.0607. The Bertz CT molecular complexity index is 795. The van der Waals surface area contributed by atoms with E-state index in [4.69, 9.17) is 0 Å². The van der Waals surface area contributed by atoms with Crippen molar-refractivity contribution in [3.63, 3.8) is 0 Å². The summed E-state index contributed by atoms with van der Waals surface area (Å²) in [5.41, 5.74) is 1.58. The van der Waals surface area contributed by atoms with E-state index in [0.29, 0.717) is 13.1 Å². The molecule has 0 saturated carbocycles. The topological polar surface area (TPSA) is 91.4 Å². The Morgan fingerprint density at radius 1 is 1.07 bits per heavy atom. The fourth-order valence-corrected chi connectivity index (χ4v) is 2.96. The molecule has 1 aliphatic heterocycles. The number of amides is 3.